The lowest BCUT2D eigenvalue weighted by Gasteiger charge is -2.31. The van der Waals surface area contributed by atoms with Gasteiger partial charge in [0, 0.05) is 19.0 Å². The average Bonchev–Trinajstić information content (AvgIpc) is 3.04. The van der Waals surface area contributed by atoms with Crippen LogP contribution in [0.4, 0.5) is 17.3 Å². The molecule has 0 aliphatic carbocycles. The molecular formula is C17H19N7O2. The lowest BCUT2D eigenvalue weighted by molar-refractivity contribution is -0.383. The van der Waals surface area contributed by atoms with Crippen LogP contribution in [0, 0.1) is 17.0 Å². The second-order valence-corrected chi connectivity index (χ2v) is 6.59. The number of rotatable bonds is 3. The maximum Gasteiger partial charge on any atom is 0.353 e. The summed E-state index contributed by atoms with van der Waals surface area (Å²) in [6.07, 6.45) is 2.94. The molecule has 0 radical (unpaired) electrons. The Morgan fingerprint density at radius 1 is 1.31 bits per heavy atom. The number of aryl methyl sites for hydroxylation is 1. The summed E-state index contributed by atoms with van der Waals surface area (Å²) in [4.78, 5) is 28.6. The van der Waals surface area contributed by atoms with Crippen LogP contribution in [0.3, 0.4) is 0 Å². The summed E-state index contributed by atoms with van der Waals surface area (Å²) in [6, 6.07) is 6.16. The number of nitrogens with one attached hydrogen (secondary N) is 1. The van der Waals surface area contributed by atoms with Crippen molar-refractivity contribution in [2.45, 2.75) is 25.7 Å². The Kier molecular flexibility index (Phi) is 3.90. The summed E-state index contributed by atoms with van der Waals surface area (Å²) in [7, 11) is 0. The number of aromatic nitrogens is 4. The second-order valence-electron chi connectivity index (χ2n) is 6.59. The first kappa shape index (κ1) is 16.2. The summed E-state index contributed by atoms with van der Waals surface area (Å²) in [5.41, 5.74) is 8.65. The third-order valence-corrected chi connectivity index (χ3v) is 4.85. The molecule has 0 spiro atoms. The Balaban J connectivity index is 1.54. The van der Waals surface area contributed by atoms with E-state index in [4.69, 9.17) is 10.7 Å². The molecule has 0 bridgehead atoms. The molecule has 0 saturated carbocycles. The third kappa shape index (κ3) is 2.81. The van der Waals surface area contributed by atoms with Gasteiger partial charge in [0.05, 0.1) is 16.0 Å². The number of hydrogen-bond donors (Lipinski definition) is 2. The van der Waals surface area contributed by atoms with Gasteiger partial charge in [0.25, 0.3) is 0 Å². The first-order valence-electron chi connectivity index (χ1n) is 8.49. The average molecular weight is 353 g/mol. The highest BCUT2D eigenvalue weighted by molar-refractivity contribution is 5.76. The molecule has 2 aromatic heterocycles. The zero-order valence-electron chi connectivity index (χ0n) is 14.3. The fourth-order valence-corrected chi connectivity index (χ4v) is 3.49. The van der Waals surface area contributed by atoms with Crippen molar-refractivity contribution >= 4 is 28.4 Å². The first-order valence-corrected chi connectivity index (χ1v) is 8.49. The number of nitrogen functional groups attached to an aromatic ring is 1. The van der Waals surface area contributed by atoms with Gasteiger partial charge in [0.2, 0.25) is 11.6 Å². The van der Waals surface area contributed by atoms with Crippen molar-refractivity contribution in [2.75, 3.05) is 23.7 Å². The number of imidazole rings is 1. The van der Waals surface area contributed by atoms with E-state index in [-0.39, 0.29) is 17.4 Å². The predicted octanol–water partition coefficient (Wildman–Crippen LogP) is 2.54. The monoisotopic (exact) mass is 353 g/mol. The van der Waals surface area contributed by atoms with Gasteiger partial charge in [-0.1, -0.05) is 6.07 Å². The maximum absolute atomic E-state index is 11.3. The Hall–Kier alpha value is -3.23. The van der Waals surface area contributed by atoms with Crippen molar-refractivity contribution in [3.8, 4) is 0 Å². The summed E-state index contributed by atoms with van der Waals surface area (Å²) >= 11 is 0. The quantitative estimate of drug-likeness (QED) is 0.547. The normalized spacial score (nSPS) is 15.5. The van der Waals surface area contributed by atoms with Gasteiger partial charge >= 0.3 is 5.69 Å². The van der Waals surface area contributed by atoms with Crippen molar-refractivity contribution in [1.29, 1.82) is 0 Å². The van der Waals surface area contributed by atoms with Crippen LogP contribution >= 0.6 is 0 Å². The molecule has 3 heterocycles. The van der Waals surface area contributed by atoms with E-state index in [1.807, 2.05) is 17.0 Å². The minimum atomic E-state index is -0.516. The number of nitrogens with zero attached hydrogens (tertiary/aromatic N) is 5. The third-order valence-electron chi connectivity index (χ3n) is 4.85. The first-order chi connectivity index (χ1) is 12.5. The molecule has 1 fully saturated rings. The number of nitrogens with two attached hydrogens (primary N) is 1. The number of hydrogen-bond acceptors (Lipinski definition) is 7. The van der Waals surface area contributed by atoms with Crippen LogP contribution in [0.2, 0.25) is 0 Å². The van der Waals surface area contributed by atoms with E-state index in [2.05, 4.69) is 27.9 Å². The van der Waals surface area contributed by atoms with E-state index in [1.165, 1.54) is 11.9 Å². The van der Waals surface area contributed by atoms with Gasteiger partial charge in [-0.3, -0.25) is 10.1 Å². The molecule has 1 aliphatic rings. The molecule has 9 heteroatoms. The minimum absolute atomic E-state index is 0.102. The smallest absolute Gasteiger partial charge is 0.353 e. The Morgan fingerprint density at radius 2 is 2.08 bits per heavy atom. The lowest BCUT2D eigenvalue weighted by atomic mass is 9.96. The van der Waals surface area contributed by atoms with Gasteiger partial charge in [-0.05, 0) is 37.5 Å². The molecule has 3 N–H and O–H groups in total. The Bertz CT molecular complexity index is 976. The molecule has 0 amide bonds. The molecule has 0 unspecified atom stereocenters. The largest absolute Gasteiger partial charge is 0.378 e. The van der Waals surface area contributed by atoms with Crippen LogP contribution in [-0.4, -0.2) is 37.9 Å². The molecule has 1 aromatic carbocycles. The SMILES string of the molecule is Cc1ccc2nc(C3CCN(c4ncnc(N)c4[N+](=O)[O-])CC3)[nH]c2c1. The summed E-state index contributed by atoms with van der Waals surface area (Å²) < 4.78 is 0. The van der Waals surface area contributed by atoms with Gasteiger partial charge in [-0.2, -0.15) is 0 Å². The highest BCUT2D eigenvalue weighted by Gasteiger charge is 2.30. The molecule has 0 atom stereocenters. The van der Waals surface area contributed by atoms with Crippen molar-refractivity contribution in [2.24, 2.45) is 0 Å². The molecule has 9 nitrogen and oxygen atoms in total. The Labute approximate surface area is 149 Å². The number of fused-ring (bicyclic) bond motifs is 1. The van der Waals surface area contributed by atoms with Crippen LogP contribution in [0.5, 0.6) is 0 Å². The highest BCUT2D eigenvalue weighted by Crippen LogP contribution is 2.34. The maximum atomic E-state index is 11.3. The van der Waals surface area contributed by atoms with Crippen LogP contribution in [0.1, 0.15) is 30.1 Å². The van der Waals surface area contributed by atoms with Gasteiger partial charge in [0.1, 0.15) is 12.2 Å². The second kappa shape index (κ2) is 6.25. The van der Waals surface area contributed by atoms with E-state index in [9.17, 15) is 10.1 Å². The number of piperidine rings is 1. The van der Waals surface area contributed by atoms with Crippen molar-refractivity contribution < 1.29 is 4.92 Å². The molecule has 134 valence electrons. The molecule has 26 heavy (non-hydrogen) atoms. The van der Waals surface area contributed by atoms with Crippen molar-refractivity contribution in [3.63, 3.8) is 0 Å². The fourth-order valence-electron chi connectivity index (χ4n) is 3.49. The minimum Gasteiger partial charge on any atom is -0.378 e. The van der Waals surface area contributed by atoms with E-state index in [0.29, 0.717) is 18.9 Å². The standard InChI is InChI=1S/C17H19N7O2/c1-10-2-3-12-13(8-10)22-16(21-12)11-4-6-23(7-5-11)17-14(24(25)26)15(18)19-9-20-17/h2-3,8-9,11H,4-7H2,1H3,(H,21,22)(H2,18,19,20). The van der Waals surface area contributed by atoms with E-state index >= 15 is 0 Å². The van der Waals surface area contributed by atoms with Crippen molar-refractivity contribution in [3.05, 3.63) is 46.0 Å². The molecule has 1 aliphatic heterocycles. The summed E-state index contributed by atoms with van der Waals surface area (Å²) in [5.74, 6) is 1.45. The topological polar surface area (TPSA) is 127 Å². The van der Waals surface area contributed by atoms with Gasteiger partial charge in [-0.15, -0.1) is 0 Å². The lowest BCUT2D eigenvalue weighted by Crippen LogP contribution is -2.34. The van der Waals surface area contributed by atoms with Crippen LogP contribution < -0.4 is 10.6 Å². The number of nitro groups is 1. The van der Waals surface area contributed by atoms with E-state index in [1.54, 1.807) is 0 Å². The van der Waals surface area contributed by atoms with Gasteiger partial charge < -0.3 is 15.6 Å². The highest BCUT2D eigenvalue weighted by atomic mass is 16.6. The zero-order valence-corrected chi connectivity index (χ0v) is 14.3. The van der Waals surface area contributed by atoms with Crippen LogP contribution in [-0.2, 0) is 0 Å². The predicted molar refractivity (Wildman–Crippen MR) is 98.1 cm³/mol. The number of H-pyrrole nitrogens is 1. The molecule has 1 saturated heterocycles. The molecular weight excluding hydrogens is 334 g/mol. The molecule has 3 aromatic rings. The van der Waals surface area contributed by atoms with Gasteiger partial charge in [-0.25, -0.2) is 15.0 Å². The fraction of sp³-hybridized carbons (Fsp3) is 0.353. The van der Waals surface area contributed by atoms with E-state index in [0.717, 1.165) is 29.7 Å². The Morgan fingerprint density at radius 3 is 2.81 bits per heavy atom. The number of anilines is 2. The zero-order chi connectivity index (χ0) is 18.3. The van der Waals surface area contributed by atoms with Crippen LogP contribution in [0.25, 0.3) is 11.0 Å². The number of benzene rings is 1. The number of aromatic amines is 1. The van der Waals surface area contributed by atoms with Crippen molar-refractivity contribution in [1.82, 2.24) is 19.9 Å². The molecule has 4 rings (SSSR count). The van der Waals surface area contributed by atoms with Gasteiger partial charge in [0.15, 0.2) is 0 Å². The van der Waals surface area contributed by atoms with E-state index < -0.39 is 4.92 Å². The van der Waals surface area contributed by atoms with Crippen LogP contribution in [0.15, 0.2) is 24.5 Å². The summed E-state index contributed by atoms with van der Waals surface area (Å²) in [6.45, 7) is 3.36. The summed E-state index contributed by atoms with van der Waals surface area (Å²) in [5, 5.41) is 11.3.